The molecule has 1 heterocycles. The lowest BCUT2D eigenvalue weighted by Gasteiger charge is -2.37. The van der Waals surface area contributed by atoms with Crippen LogP contribution in [0.15, 0.2) is 40.5 Å². The molecule has 29 heavy (non-hydrogen) atoms. The van der Waals surface area contributed by atoms with E-state index >= 15 is 0 Å². The van der Waals surface area contributed by atoms with Crippen LogP contribution in [0.25, 0.3) is 0 Å². The van der Waals surface area contributed by atoms with E-state index in [-0.39, 0.29) is 17.3 Å². The standard InChI is InChI=1S/C19H24N4O6/c1-11(2)29-17(24)15-12(3)20-18(28-6)22(19(25)21(4)5)16(15)13-8-7-9-14(10-13)23(26)27/h7-11,16H,1-6H3. The number of nitro groups is 1. The maximum atomic E-state index is 12.9. The van der Waals surface area contributed by atoms with Crippen LogP contribution in [0, 0.1) is 10.1 Å². The maximum Gasteiger partial charge on any atom is 0.338 e. The highest BCUT2D eigenvalue weighted by Crippen LogP contribution is 2.37. The average molecular weight is 404 g/mol. The molecule has 0 spiro atoms. The summed E-state index contributed by atoms with van der Waals surface area (Å²) in [5.41, 5.74) is 0.589. The minimum Gasteiger partial charge on any atom is -0.468 e. The van der Waals surface area contributed by atoms with E-state index in [9.17, 15) is 19.7 Å². The van der Waals surface area contributed by atoms with Crippen molar-refractivity contribution in [3.8, 4) is 0 Å². The van der Waals surface area contributed by atoms with Crippen molar-refractivity contribution in [1.29, 1.82) is 0 Å². The van der Waals surface area contributed by atoms with Crippen LogP contribution in [0.1, 0.15) is 32.4 Å². The number of esters is 1. The number of hydrogen-bond donors (Lipinski definition) is 0. The van der Waals surface area contributed by atoms with Crippen molar-refractivity contribution in [2.75, 3.05) is 21.2 Å². The predicted molar refractivity (Wildman–Crippen MR) is 105 cm³/mol. The zero-order chi connectivity index (χ0) is 21.9. The first kappa shape index (κ1) is 21.9. The van der Waals surface area contributed by atoms with E-state index in [0.29, 0.717) is 11.3 Å². The Bertz CT molecular complexity index is 890. The van der Waals surface area contributed by atoms with Gasteiger partial charge in [-0.1, -0.05) is 12.1 Å². The number of urea groups is 1. The molecular weight excluding hydrogens is 380 g/mol. The monoisotopic (exact) mass is 404 g/mol. The Hall–Kier alpha value is -3.43. The van der Waals surface area contributed by atoms with E-state index in [1.54, 1.807) is 26.8 Å². The van der Waals surface area contributed by atoms with Crippen molar-refractivity contribution < 1.29 is 24.0 Å². The summed E-state index contributed by atoms with van der Waals surface area (Å²) in [5, 5.41) is 11.3. The SMILES string of the molecule is COC1=NC(C)=C(C(=O)OC(C)C)C(c2cccc([N+](=O)[O-])c2)N1C(=O)N(C)C. The molecule has 1 aliphatic heterocycles. The van der Waals surface area contributed by atoms with E-state index < -0.39 is 29.1 Å². The van der Waals surface area contributed by atoms with Gasteiger partial charge in [-0.2, -0.15) is 0 Å². The van der Waals surface area contributed by atoms with Crippen molar-refractivity contribution in [2.24, 2.45) is 4.99 Å². The molecule has 10 heteroatoms. The third-order valence-corrected chi connectivity index (χ3v) is 4.12. The smallest absolute Gasteiger partial charge is 0.338 e. The van der Waals surface area contributed by atoms with Crippen LogP contribution >= 0.6 is 0 Å². The third-order valence-electron chi connectivity index (χ3n) is 4.12. The number of amides is 2. The van der Waals surface area contributed by atoms with Gasteiger partial charge in [0.2, 0.25) is 0 Å². The summed E-state index contributed by atoms with van der Waals surface area (Å²) in [4.78, 5) is 43.3. The van der Waals surface area contributed by atoms with Crippen LogP contribution in [0.3, 0.4) is 0 Å². The number of rotatable bonds is 4. The molecule has 0 N–H and O–H groups in total. The molecule has 1 atom stereocenters. The van der Waals surface area contributed by atoms with Crippen molar-refractivity contribution in [1.82, 2.24) is 9.80 Å². The second kappa shape index (κ2) is 8.72. The molecule has 0 aliphatic carbocycles. The molecule has 1 aliphatic rings. The van der Waals surface area contributed by atoms with Gasteiger partial charge in [0.15, 0.2) is 0 Å². The number of amidine groups is 1. The van der Waals surface area contributed by atoms with Crippen LogP contribution in [0.5, 0.6) is 0 Å². The Balaban J connectivity index is 2.75. The Kier molecular flexibility index (Phi) is 6.57. The Morgan fingerprint density at radius 2 is 1.97 bits per heavy atom. The molecule has 1 aromatic rings. The molecule has 2 rings (SSSR count). The second-order valence-corrected chi connectivity index (χ2v) is 6.85. The molecule has 0 radical (unpaired) electrons. The average Bonchev–Trinajstić information content (AvgIpc) is 2.65. The minimum atomic E-state index is -1.01. The molecule has 1 unspecified atom stereocenters. The number of methoxy groups -OCH3 is 1. The number of non-ortho nitro benzene ring substituents is 1. The summed E-state index contributed by atoms with van der Waals surface area (Å²) in [5.74, 6) is -0.663. The van der Waals surface area contributed by atoms with Gasteiger partial charge >= 0.3 is 18.0 Å². The first-order valence-corrected chi connectivity index (χ1v) is 8.87. The van der Waals surface area contributed by atoms with Crippen molar-refractivity contribution in [3.63, 3.8) is 0 Å². The molecule has 156 valence electrons. The van der Waals surface area contributed by atoms with E-state index in [1.165, 1.54) is 49.2 Å². The third kappa shape index (κ3) is 4.53. The van der Waals surface area contributed by atoms with E-state index in [4.69, 9.17) is 9.47 Å². The van der Waals surface area contributed by atoms with Gasteiger partial charge in [-0.3, -0.25) is 10.1 Å². The lowest BCUT2D eigenvalue weighted by molar-refractivity contribution is -0.384. The summed E-state index contributed by atoms with van der Waals surface area (Å²) in [6, 6.07) is 4.19. The first-order chi connectivity index (χ1) is 13.6. The number of nitrogens with zero attached hydrogens (tertiary/aromatic N) is 4. The van der Waals surface area contributed by atoms with Crippen LogP contribution in [-0.4, -0.2) is 60.1 Å². The van der Waals surface area contributed by atoms with Gasteiger partial charge in [-0.15, -0.1) is 0 Å². The molecule has 0 fully saturated rings. The highest BCUT2D eigenvalue weighted by Gasteiger charge is 2.42. The second-order valence-electron chi connectivity index (χ2n) is 6.85. The molecule has 0 bridgehead atoms. The van der Waals surface area contributed by atoms with Gasteiger partial charge in [0.05, 0.1) is 29.4 Å². The van der Waals surface area contributed by atoms with Crippen LogP contribution in [0.2, 0.25) is 0 Å². The van der Waals surface area contributed by atoms with Crippen LogP contribution in [0.4, 0.5) is 10.5 Å². The Morgan fingerprint density at radius 1 is 1.31 bits per heavy atom. The first-order valence-electron chi connectivity index (χ1n) is 8.87. The number of aliphatic imine (C=N–C) groups is 1. The summed E-state index contributed by atoms with van der Waals surface area (Å²) in [6.07, 6.45) is -0.403. The zero-order valence-corrected chi connectivity index (χ0v) is 17.2. The number of allylic oxidation sites excluding steroid dienone is 1. The molecule has 1 aromatic carbocycles. The number of benzene rings is 1. The topological polar surface area (TPSA) is 115 Å². The number of carbonyl (C=O) groups is 2. The molecule has 0 saturated carbocycles. The van der Waals surface area contributed by atoms with Gasteiger partial charge in [0, 0.05) is 26.2 Å². The summed E-state index contributed by atoms with van der Waals surface area (Å²) >= 11 is 0. The zero-order valence-electron chi connectivity index (χ0n) is 17.2. The predicted octanol–water partition coefficient (Wildman–Crippen LogP) is 2.86. The fourth-order valence-electron chi connectivity index (χ4n) is 2.91. The molecule has 2 amide bonds. The summed E-state index contributed by atoms with van der Waals surface area (Å²) < 4.78 is 10.6. The minimum absolute atomic E-state index is 0.0289. The van der Waals surface area contributed by atoms with Gasteiger partial charge in [0.25, 0.3) is 5.69 Å². The van der Waals surface area contributed by atoms with Crippen molar-refractivity contribution >= 4 is 23.7 Å². The van der Waals surface area contributed by atoms with Gasteiger partial charge in [-0.25, -0.2) is 19.5 Å². The van der Waals surface area contributed by atoms with Crippen LogP contribution < -0.4 is 0 Å². The molecule has 0 saturated heterocycles. The molecular formula is C19H24N4O6. The molecule has 10 nitrogen and oxygen atoms in total. The largest absolute Gasteiger partial charge is 0.468 e. The maximum absolute atomic E-state index is 12.9. The Morgan fingerprint density at radius 3 is 2.48 bits per heavy atom. The van der Waals surface area contributed by atoms with Gasteiger partial charge in [0.1, 0.15) is 6.04 Å². The normalized spacial score (nSPS) is 16.4. The number of carbonyl (C=O) groups excluding carboxylic acids is 2. The van der Waals surface area contributed by atoms with Gasteiger partial charge in [-0.05, 0) is 26.3 Å². The van der Waals surface area contributed by atoms with E-state index in [1.807, 2.05) is 0 Å². The highest BCUT2D eigenvalue weighted by atomic mass is 16.6. The number of hydrogen-bond acceptors (Lipinski definition) is 7. The highest BCUT2D eigenvalue weighted by molar-refractivity contribution is 6.00. The van der Waals surface area contributed by atoms with Crippen molar-refractivity contribution in [2.45, 2.75) is 32.9 Å². The summed E-state index contributed by atoms with van der Waals surface area (Å²) in [7, 11) is 4.43. The summed E-state index contributed by atoms with van der Waals surface area (Å²) in [6.45, 7) is 4.99. The van der Waals surface area contributed by atoms with Crippen molar-refractivity contribution in [3.05, 3.63) is 51.2 Å². The van der Waals surface area contributed by atoms with Crippen LogP contribution in [-0.2, 0) is 14.3 Å². The lowest BCUT2D eigenvalue weighted by Crippen LogP contribution is -2.49. The quantitative estimate of drug-likeness (QED) is 0.433. The molecule has 0 aromatic heterocycles. The lowest BCUT2D eigenvalue weighted by atomic mass is 9.94. The fraction of sp³-hybridized carbons (Fsp3) is 0.421. The van der Waals surface area contributed by atoms with E-state index in [2.05, 4.69) is 4.99 Å². The Labute approximate surface area is 168 Å². The number of nitro benzene ring substituents is 1. The van der Waals surface area contributed by atoms with E-state index in [0.717, 1.165) is 0 Å². The fourth-order valence-corrected chi connectivity index (χ4v) is 2.91. The number of ether oxygens (including phenoxy) is 2. The van der Waals surface area contributed by atoms with Gasteiger partial charge < -0.3 is 14.4 Å².